The van der Waals surface area contributed by atoms with Gasteiger partial charge in [0, 0.05) is 23.2 Å². The van der Waals surface area contributed by atoms with Crippen LogP contribution in [-0.4, -0.2) is 19.6 Å². The first-order valence-corrected chi connectivity index (χ1v) is 8.13. The molecule has 0 N–H and O–H groups in total. The number of carbonyl (C=O) groups is 1. The molecular formula is C18H18BrNO2. The zero-order valence-electron chi connectivity index (χ0n) is 12.5. The van der Waals surface area contributed by atoms with Gasteiger partial charge in [0.05, 0.1) is 13.5 Å². The van der Waals surface area contributed by atoms with Crippen LogP contribution in [0.25, 0.3) is 0 Å². The van der Waals surface area contributed by atoms with Crippen molar-refractivity contribution in [1.82, 2.24) is 0 Å². The molecule has 3 rings (SSSR count). The molecule has 0 saturated carbocycles. The molecule has 3 nitrogen and oxygen atoms in total. The predicted molar refractivity (Wildman–Crippen MR) is 91.1 cm³/mol. The lowest BCUT2D eigenvalue weighted by Crippen LogP contribution is -2.21. The Bertz CT molecular complexity index is 699. The van der Waals surface area contributed by atoms with E-state index in [1.54, 1.807) is 0 Å². The van der Waals surface area contributed by atoms with Crippen molar-refractivity contribution in [2.24, 2.45) is 0 Å². The smallest absolute Gasteiger partial charge is 0.309 e. The SMILES string of the molecule is COC(=O)Cc1ccccc1CN1CCc2ccc(Br)cc21. The Morgan fingerprint density at radius 1 is 1.23 bits per heavy atom. The number of carbonyl (C=O) groups excluding carboxylic acids is 1. The first-order valence-electron chi connectivity index (χ1n) is 7.34. The fraction of sp³-hybridized carbons (Fsp3) is 0.278. The lowest BCUT2D eigenvalue weighted by Gasteiger charge is -2.21. The zero-order chi connectivity index (χ0) is 15.5. The van der Waals surface area contributed by atoms with Crippen LogP contribution in [-0.2, 0) is 28.9 Å². The highest BCUT2D eigenvalue weighted by Crippen LogP contribution is 2.32. The summed E-state index contributed by atoms with van der Waals surface area (Å²) in [6.07, 6.45) is 1.40. The summed E-state index contributed by atoms with van der Waals surface area (Å²) in [6, 6.07) is 14.5. The molecule has 2 aromatic rings. The molecule has 1 aliphatic rings. The minimum absolute atomic E-state index is 0.197. The number of anilines is 1. The summed E-state index contributed by atoms with van der Waals surface area (Å²) in [7, 11) is 1.43. The average molecular weight is 360 g/mol. The molecule has 0 aromatic heterocycles. The lowest BCUT2D eigenvalue weighted by atomic mass is 10.0. The molecule has 0 unspecified atom stereocenters. The van der Waals surface area contributed by atoms with Gasteiger partial charge in [-0.3, -0.25) is 4.79 Å². The van der Waals surface area contributed by atoms with Gasteiger partial charge in [0.1, 0.15) is 0 Å². The van der Waals surface area contributed by atoms with Gasteiger partial charge in [0.2, 0.25) is 0 Å². The number of hydrogen-bond donors (Lipinski definition) is 0. The number of methoxy groups -OCH3 is 1. The Hall–Kier alpha value is -1.81. The van der Waals surface area contributed by atoms with Crippen LogP contribution in [0, 0.1) is 0 Å². The molecule has 0 spiro atoms. The number of esters is 1. The number of benzene rings is 2. The van der Waals surface area contributed by atoms with Gasteiger partial charge in [-0.2, -0.15) is 0 Å². The van der Waals surface area contributed by atoms with Gasteiger partial charge in [-0.15, -0.1) is 0 Å². The van der Waals surface area contributed by atoms with Gasteiger partial charge < -0.3 is 9.64 Å². The summed E-state index contributed by atoms with van der Waals surface area (Å²) >= 11 is 3.55. The molecule has 4 heteroatoms. The molecule has 0 saturated heterocycles. The van der Waals surface area contributed by atoms with Crippen molar-refractivity contribution in [1.29, 1.82) is 0 Å². The van der Waals surface area contributed by atoms with Crippen molar-refractivity contribution in [2.75, 3.05) is 18.6 Å². The van der Waals surface area contributed by atoms with Crippen LogP contribution < -0.4 is 4.90 Å². The van der Waals surface area contributed by atoms with Gasteiger partial charge >= 0.3 is 5.97 Å². The molecule has 0 amide bonds. The molecule has 0 bridgehead atoms. The second kappa shape index (κ2) is 6.53. The van der Waals surface area contributed by atoms with E-state index in [2.05, 4.69) is 45.1 Å². The van der Waals surface area contributed by atoms with E-state index in [9.17, 15) is 4.79 Å². The molecule has 114 valence electrons. The van der Waals surface area contributed by atoms with E-state index in [0.29, 0.717) is 6.42 Å². The maximum atomic E-state index is 11.6. The van der Waals surface area contributed by atoms with Crippen LogP contribution in [0.1, 0.15) is 16.7 Å². The molecule has 1 aliphatic heterocycles. The van der Waals surface area contributed by atoms with Crippen molar-refractivity contribution in [2.45, 2.75) is 19.4 Å². The van der Waals surface area contributed by atoms with Crippen molar-refractivity contribution in [3.63, 3.8) is 0 Å². The Morgan fingerprint density at radius 2 is 2.00 bits per heavy atom. The largest absolute Gasteiger partial charge is 0.469 e. The highest BCUT2D eigenvalue weighted by Gasteiger charge is 2.20. The number of nitrogens with zero attached hydrogens (tertiary/aromatic N) is 1. The van der Waals surface area contributed by atoms with Crippen molar-refractivity contribution < 1.29 is 9.53 Å². The third-order valence-electron chi connectivity index (χ3n) is 4.08. The third-order valence-corrected chi connectivity index (χ3v) is 4.57. The highest BCUT2D eigenvalue weighted by molar-refractivity contribution is 9.10. The predicted octanol–water partition coefficient (Wildman–Crippen LogP) is 3.73. The zero-order valence-corrected chi connectivity index (χ0v) is 14.1. The molecule has 0 radical (unpaired) electrons. The number of hydrogen-bond acceptors (Lipinski definition) is 3. The van der Waals surface area contributed by atoms with Gasteiger partial charge in [0.15, 0.2) is 0 Å². The van der Waals surface area contributed by atoms with Crippen LogP contribution in [0.2, 0.25) is 0 Å². The third kappa shape index (κ3) is 3.17. The Balaban J connectivity index is 1.83. The van der Waals surface area contributed by atoms with Gasteiger partial charge in [0.25, 0.3) is 0 Å². The van der Waals surface area contributed by atoms with Crippen LogP contribution in [0.15, 0.2) is 46.9 Å². The minimum Gasteiger partial charge on any atom is -0.469 e. The molecule has 22 heavy (non-hydrogen) atoms. The number of ether oxygens (including phenoxy) is 1. The van der Waals surface area contributed by atoms with E-state index < -0.39 is 0 Å². The topological polar surface area (TPSA) is 29.5 Å². The number of fused-ring (bicyclic) bond motifs is 1. The van der Waals surface area contributed by atoms with Gasteiger partial charge in [-0.05, 0) is 35.2 Å². The normalized spacial score (nSPS) is 13.1. The van der Waals surface area contributed by atoms with Gasteiger partial charge in [-0.25, -0.2) is 0 Å². The first-order chi connectivity index (χ1) is 10.7. The van der Waals surface area contributed by atoms with Crippen molar-refractivity contribution in [3.05, 3.63) is 63.6 Å². The second-order valence-corrected chi connectivity index (χ2v) is 6.38. The van der Waals surface area contributed by atoms with E-state index in [4.69, 9.17) is 4.74 Å². The molecule has 0 atom stereocenters. The minimum atomic E-state index is -0.197. The molecular weight excluding hydrogens is 342 g/mol. The lowest BCUT2D eigenvalue weighted by molar-refractivity contribution is -0.139. The Kier molecular flexibility index (Phi) is 4.48. The maximum Gasteiger partial charge on any atom is 0.309 e. The molecule has 1 heterocycles. The summed E-state index contributed by atoms with van der Waals surface area (Å²) in [6.45, 7) is 1.83. The molecule has 0 aliphatic carbocycles. The summed E-state index contributed by atoms with van der Waals surface area (Å²) in [5.74, 6) is -0.197. The fourth-order valence-electron chi connectivity index (χ4n) is 2.90. The van der Waals surface area contributed by atoms with E-state index in [-0.39, 0.29) is 5.97 Å². The summed E-state index contributed by atoms with van der Waals surface area (Å²) < 4.78 is 5.89. The van der Waals surface area contributed by atoms with Crippen LogP contribution >= 0.6 is 15.9 Å². The monoisotopic (exact) mass is 359 g/mol. The van der Waals surface area contributed by atoms with E-state index in [1.807, 2.05) is 18.2 Å². The number of rotatable bonds is 4. The van der Waals surface area contributed by atoms with E-state index in [1.165, 1.54) is 23.9 Å². The van der Waals surface area contributed by atoms with Crippen molar-refractivity contribution in [3.8, 4) is 0 Å². The Morgan fingerprint density at radius 3 is 2.77 bits per heavy atom. The van der Waals surface area contributed by atoms with Crippen LogP contribution in [0.4, 0.5) is 5.69 Å². The van der Waals surface area contributed by atoms with Gasteiger partial charge in [-0.1, -0.05) is 46.3 Å². The summed E-state index contributed by atoms with van der Waals surface area (Å²) in [5, 5.41) is 0. The fourth-order valence-corrected chi connectivity index (χ4v) is 3.25. The average Bonchev–Trinajstić information content (AvgIpc) is 2.91. The molecule has 2 aromatic carbocycles. The van der Waals surface area contributed by atoms with E-state index >= 15 is 0 Å². The van der Waals surface area contributed by atoms with Crippen LogP contribution in [0.3, 0.4) is 0 Å². The summed E-state index contributed by atoms with van der Waals surface area (Å²) in [4.78, 5) is 13.9. The summed E-state index contributed by atoms with van der Waals surface area (Å²) in [5.41, 5.74) is 4.88. The maximum absolute atomic E-state index is 11.6. The number of halogens is 1. The quantitative estimate of drug-likeness (QED) is 0.779. The van der Waals surface area contributed by atoms with Crippen molar-refractivity contribution >= 4 is 27.6 Å². The Labute approximate surface area is 139 Å². The second-order valence-electron chi connectivity index (χ2n) is 5.47. The standard InChI is InChI=1S/C18H18BrNO2/c1-22-18(21)10-14-4-2-3-5-15(14)12-20-9-8-13-6-7-16(19)11-17(13)20/h2-7,11H,8-10,12H2,1H3. The highest BCUT2D eigenvalue weighted by atomic mass is 79.9. The molecule has 0 fully saturated rings. The van der Waals surface area contributed by atoms with Crippen LogP contribution in [0.5, 0.6) is 0 Å². The first kappa shape index (κ1) is 15.1. The van der Waals surface area contributed by atoms with E-state index in [0.717, 1.165) is 29.5 Å².